The standard InChI is InChI=1S/C18H25N3O4/c1-12-16(22)19-14-6-4-5-13(15(14)25-12)17(23)21-9-7-20(8-10-21)11-18(2,3)24/h4-6,12,24H,7-11H2,1-3H3,(H,19,22)/t12-/m1/s1. The molecule has 3 rings (SSSR count). The predicted octanol–water partition coefficient (Wildman–Crippen LogP) is 0.935. The average Bonchev–Trinajstić information content (AvgIpc) is 2.54. The molecule has 7 heteroatoms. The number of nitrogens with one attached hydrogen (secondary N) is 1. The maximum Gasteiger partial charge on any atom is 0.265 e. The smallest absolute Gasteiger partial charge is 0.265 e. The first kappa shape index (κ1) is 17.7. The highest BCUT2D eigenvalue weighted by Crippen LogP contribution is 2.34. The van der Waals surface area contributed by atoms with Crippen molar-refractivity contribution in [1.82, 2.24) is 9.80 Å². The third kappa shape index (κ3) is 3.93. The number of benzene rings is 1. The third-order valence-corrected chi connectivity index (χ3v) is 4.44. The number of nitrogens with zero attached hydrogens (tertiary/aromatic N) is 2. The zero-order chi connectivity index (χ0) is 18.2. The monoisotopic (exact) mass is 347 g/mol. The number of piperazine rings is 1. The predicted molar refractivity (Wildman–Crippen MR) is 93.8 cm³/mol. The summed E-state index contributed by atoms with van der Waals surface area (Å²) in [6.07, 6.45) is -0.620. The van der Waals surface area contributed by atoms with E-state index in [1.165, 1.54) is 0 Å². The maximum atomic E-state index is 12.9. The molecule has 25 heavy (non-hydrogen) atoms. The molecule has 0 bridgehead atoms. The van der Waals surface area contributed by atoms with Crippen molar-refractivity contribution in [2.75, 3.05) is 38.0 Å². The van der Waals surface area contributed by atoms with E-state index in [0.29, 0.717) is 36.6 Å². The number of para-hydroxylation sites is 1. The lowest BCUT2D eigenvalue weighted by atomic mass is 10.1. The lowest BCUT2D eigenvalue weighted by molar-refractivity contribution is -0.122. The van der Waals surface area contributed by atoms with E-state index in [1.807, 2.05) is 0 Å². The highest BCUT2D eigenvalue weighted by atomic mass is 16.5. The molecule has 7 nitrogen and oxygen atoms in total. The van der Waals surface area contributed by atoms with E-state index in [1.54, 1.807) is 43.9 Å². The molecule has 1 aromatic rings. The Morgan fingerprint density at radius 1 is 1.32 bits per heavy atom. The van der Waals surface area contributed by atoms with E-state index < -0.39 is 11.7 Å². The van der Waals surface area contributed by atoms with E-state index in [2.05, 4.69) is 10.2 Å². The fourth-order valence-electron chi connectivity index (χ4n) is 3.22. The van der Waals surface area contributed by atoms with Gasteiger partial charge in [-0.05, 0) is 32.9 Å². The number of amides is 2. The Kier molecular flexibility index (Phi) is 4.71. The minimum atomic E-state index is -0.743. The van der Waals surface area contributed by atoms with Crippen molar-refractivity contribution in [3.63, 3.8) is 0 Å². The molecule has 2 aliphatic heterocycles. The normalized spacial score (nSPS) is 21.4. The summed E-state index contributed by atoms with van der Waals surface area (Å²) in [6.45, 7) is 8.46. The lowest BCUT2D eigenvalue weighted by Crippen LogP contribution is -2.52. The van der Waals surface area contributed by atoms with Gasteiger partial charge in [0.2, 0.25) is 0 Å². The van der Waals surface area contributed by atoms with Gasteiger partial charge < -0.3 is 20.1 Å². The maximum absolute atomic E-state index is 12.9. The van der Waals surface area contributed by atoms with Crippen molar-refractivity contribution in [3.05, 3.63) is 23.8 Å². The van der Waals surface area contributed by atoms with Crippen LogP contribution in [0.25, 0.3) is 0 Å². The number of hydrogen-bond acceptors (Lipinski definition) is 5. The number of rotatable bonds is 3. The van der Waals surface area contributed by atoms with Gasteiger partial charge in [-0.25, -0.2) is 0 Å². The largest absolute Gasteiger partial charge is 0.478 e. The fourth-order valence-corrected chi connectivity index (χ4v) is 3.22. The van der Waals surface area contributed by atoms with Gasteiger partial charge in [-0.3, -0.25) is 14.5 Å². The van der Waals surface area contributed by atoms with Crippen LogP contribution in [0.3, 0.4) is 0 Å². The van der Waals surface area contributed by atoms with Gasteiger partial charge in [-0.2, -0.15) is 0 Å². The van der Waals surface area contributed by atoms with Crippen molar-refractivity contribution in [1.29, 1.82) is 0 Å². The van der Waals surface area contributed by atoms with Gasteiger partial charge in [0.05, 0.1) is 16.9 Å². The summed E-state index contributed by atoms with van der Waals surface area (Å²) >= 11 is 0. The summed E-state index contributed by atoms with van der Waals surface area (Å²) in [7, 11) is 0. The van der Waals surface area contributed by atoms with Gasteiger partial charge in [0.1, 0.15) is 0 Å². The quantitative estimate of drug-likeness (QED) is 0.850. The lowest BCUT2D eigenvalue weighted by Gasteiger charge is -2.37. The Balaban J connectivity index is 1.71. The molecule has 0 aliphatic carbocycles. The minimum absolute atomic E-state index is 0.0943. The van der Waals surface area contributed by atoms with E-state index >= 15 is 0 Å². The van der Waals surface area contributed by atoms with Crippen molar-refractivity contribution in [2.24, 2.45) is 0 Å². The Bertz CT molecular complexity index is 675. The summed E-state index contributed by atoms with van der Waals surface area (Å²) in [5.41, 5.74) is 0.266. The van der Waals surface area contributed by atoms with E-state index in [-0.39, 0.29) is 11.8 Å². The van der Waals surface area contributed by atoms with Crippen LogP contribution in [0.1, 0.15) is 31.1 Å². The second kappa shape index (κ2) is 6.65. The molecule has 2 amide bonds. The topological polar surface area (TPSA) is 82.1 Å². The SMILES string of the molecule is C[C@H]1Oc2c(cccc2C(=O)N2CCN(CC(C)(C)O)CC2)NC1=O. The Morgan fingerprint density at radius 2 is 2.00 bits per heavy atom. The first-order valence-corrected chi connectivity index (χ1v) is 8.59. The number of hydrogen-bond donors (Lipinski definition) is 2. The second-order valence-corrected chi connectivity index (χ2v) is 7.31. The van der Waals surface area contributed by atoms with Crippen LogP contribution >= 0.6 is 0 Å². The van der Waals surface area contributed by atoms with Gasteiger partial charge in [0.25, 0.3) is 11.8 Å². The van der Waals surface area contributed by atoms with Crippen molar-refractivity contribution >= 4 is 17.5 Å². The molecule has 1 aromatic carbocycles. The molecular weight excluding hydrogens is 322 g/mol. The Morgan fingerprint density at radius 3 is 2.64 bits per heavy atom. The number of β-amino-alcohol motifs (C(OH)–C–C–N with tert-alkyl or cyclic N) is 1. The van der Waals surface area contributed by atoms with Crippen LogP contribution in [-0.2, 0) is 4.79 Å². The van der Waals surface area contributed by atoms with Gasteiger partial charge in [0, 0.05) is 32.7 Å². The van der Waals surface area contributed by atoms with Crippen LogP contribution in [0.4, 0.5) is 5.69 Å². The second-order valence-electron chi connectivity index (χ2n) is 7.31. The number of aliphatic hydroxyl groups is 1. The molecule has 0 radical (unpaired) electrons. The molecule has 0 unspecified atom stereocenters. The zero-order valence-electron chi connectivity index (χ0n) is 14.9. The summed E-state index contributed by atoms with van der Waals surface area (Å²) < 4.78 is 5.67. The van der Waals surface area contributed by atoms with Gasteiger partial charge in [-0.1, -0.05) is 6.07 Å². The zero-order valence-corrected chi connectivity index (χ0v) is 14.9. The molecule has 0 saturated carbocycles. The summed E-state index contributed by atoms with van der Waals surface area (Å²) in [5, 5.41) is 12.7. The molecule has 0 spiro atoms. The van der Waals surface area contributed by atoms with Crippen LogP contribution in [0.15, 0.2) is 18.2 Å². The van der Waals surface area contributed by atoms with E-state index in [4.69, 9.17) is 4.74 Å². The highest BCUT2D eigenvalue weighted by Gasteiger charge is 2.31. The number of carbonyl (C=O) groups is 2. The molecule has 1 fully saturated rings. The van der Waals surface area contributed by atoms with E-state index in [9.17, 15) is 14.7 Å². The minimum Gasteiger partial charge on any atom is -0.478 e. The van der Waals surface area contributed by atoms with E-state index in [0.717, 1.165) is 13.1 Å². The van der Waals surface area contributed by atoms with Crippen LogP contribution < -0.4 is 10.1 Å². The van der Waals surface area contributed by atoms with Crippen molar-refractivity contribution in [2.45, 2.75) is 32.5 Å². The van der Waals surface area contributed by atoms with Crippen LogP contribution in [0.5, 0.6) is 5.75 Å². The average molecular weight is 347 g/mol. The van der Waals surface area contributed by atoms with Crippen molar-refractivity contribution in [3.8, 4) is 5.75 Å². The van der Waals surface area contributed by atoms with Gasteiger partial charge in [-0.15, -0.1) is 0 Å². The molecule has 2 aliphatic rings. The Labute approximate surface area is 147 Å². The van der Waals surface area contributed by atoms with Crippen LogP contribution in [0, 0.1) is 0 Å². The molecule has 0 aromatic heterocycles. The summed E-state index contributed by atoms with van der Waals surface area (Å²) in [4.78, 5) is 28.6. The molecule has 2 heterocycles. The highest BCUT2D eigenvalue weighted by molar-refractivity contribution is 6.04. The molecular formula is C18H25N3O4. The summed E-state index contributed by atoms with van der Waals surface area (Å²) in [5.74, 6) is 0.138. The first-order chi connectivity index (χ1) is 11.7. The van der Waals surface area contributed by atoms with Gasteiger partial charge >= 0.3 is 0 Å². The summed E-state index contributed by atoms with van der Waals surface area (Å²) in [6, 6.07) is 5.21. The van der Waals surface area contributed by atoms with Crippen LogP contribution in [0.2, 0.25) is 0 Å². The van der Waals surface area contributed by atoms with Gasteiger partial charge in [0.15, 0.2) is 11.9 Å². The number of anilines is 1. The molecule has 1 atom stereocenters. The van der Waals surface area contributed by atoms with Crippen LogP contribution in [-0.4, -0.2) is 71.1 Å². The van der Waals surface area contributed by atoms with Crippen molar-refractivity contribution < 1.29 is 19.4 Å². The number of fused-ring (bicyclic) bond motifs is 1. The number of carbonyl (C=O) groups excluding carboxylic acids is 2. The Hall–Kier alpha value is -2.12. The first-order valence-electron chi connectivity index (χ1n) is 8.59. The fraction of sp³-hybridized carbons (Fsp3) is 0.556. The molecule has 2 N–H and O–H groups in total. The third-order valence-electron chi connectivity index (χ3n) is 4.44. The molecule has 136 valence electrons. The molecule has 1 saturated heterocycles. The number of ether oxygens (including phenoxy) is 1.